The number of ether oxygens (including phenoxy) is 3. The van der Waals surface area contributed by atoms with Crippen molar-refractivity contribution in [3.8, 4) is 17.2 Å². The molecule has 162 valence electrons. The van der Waals surface area contributed by atoms with Gasteiger partial charge in [-0.2, -0.15) is 0 Å². The van der Waals surface area contributed by atoms with E-state index >= 15 is 0 Å². The first-order valence-corrected chi connectivity index (χ1v) is 8.80. The maximum atomic E-state index is 14.5. The van der Waals surface area contributed by atoms with Crippen LogP contribution in [0.3, 0.4) is 0 Å². The molecule has 0 amide bonds. The number of benzene rings is 3. The van der Waals surface area contributed by atoms with Crippen LogP contribution in [0, 0.1) is 34.9 Å². The average Bonchev–Trinajstić information content (AvgIpc) is 2.67. The number of hydrogen-bond acceptors (Lipinski definition) is 3. The van der Waals surface area contributed by atoms with Gasteiger partial charge in [0.25, 0.3) is 6.71 Å². The molecule has 0 aliphatic carbocycles. The predicted octanol–water partition coefficient (Wildman–Crippen LogP) is 3.06. The largest absolute Gasteiger partial charge is 0.494 e. The summed E-state index contributed by atoms with van der Waals surface area (Å²) in [6.07, 6.45) is 0. The van der Waals surface area contributed by atoms with Crippen molar-refractivity contribution >= 4 is 23.1 Å². The minimum absolute atomic E-state index is 0.299. The van der Waals surface area contributed by atoms with E-state index in [1.165, 1.54) is 0 Å². The molecule has 3 rings (SSSR count). The van der Waals surface area contributed by atoms with Crippen LogP contribution in [0.4, 0.5) is 26.3 Å². The van der Waals surface area contributed by atoms with E-state index in [-0.39, 0.29) is 16.4 Å². The second-order valence-corrected chi connectivity index (χ2v) is 6.46. The molecular weight excluding hydrogens is 425 g/mol. The lowest BCUT2D eigenvalue weighted by Crippen LogP contribution is -2.54. The van der Waals surface area contributed by atoms with Gasteiger partial charge in [0.05, 0.1) is 21.3 Å². The SMILES string of the molecule is COc1c(F)cc(F)cc1B(c1cc(F)cc(F)c1OC)c1cc(F)cc(F)c1OC. The minimum atomic E-state index is -1.54. The van der Waals surface area contributed by atoms with Gasteiger partial charge >= 0.3 is 0 Å². The van der Waals surface area contributed by atoms with Crippen LogP contribution in [0.2, 0.25) is 0 Å². The zero-order valence-corrected chi connectivity index (χ0v) is 16.5. The van der Waals surface area contributed by atoms with Crippen molar-refractivity contribution in [1.29, 1.82) is 0 Å². The summed E-state index contributed by atoms with van der Waals surface area (Å²) in [4.78, 5) is 0. The van der Waals surface area contributed by atoms with Gasteiger partial charge in [-0.1, -0.05) is 0 Å². The zero-order chi connectivity index (χ0) is 22.9. The highest BCUT2D eigenvalue weighted by molar-refractivity contribution is 6.97. The predicted molar refractivity (Wildman–Crippen MR) is 103 cm³/mol. The first-order valence-electron chi connectivity index (χ1n) is 8.80. The van der Waals surface area contributed by atoms with E-state index < -0.39 is 58.9 Å². The van der Waals surface area contributed by atoms with Crippen molar-refractivity contribution in [3.63, 3.8) is 0 Å². The Bertz CT molecular complexity index is 997. The second-order valence-electron chi connectivity index (χ2n) is 6.46. The lowest BCUT2D eigenvalue weighted by Gasteiger charge is -2.23. The Morgan fingerprint density at radius 1 is 0.484 bits per heavy atom. The molecule has 0 saturated heterocycles. The highest BCUT2D eigenvalue weighted by Gasteiger charge is 2.35. The average molecular weight is 440 g/mol. The van der Waals surface area contributed by atoms with Crippen molar-refractivity contribution in [2.24, 2.45) is 0 Å². The Balaban J connectivity index is 2.50. The van der Waals surface area contributed by atoms with Crippen molar-refractivity contribution < 1.29 is 40.6 Å². The summed E-state index contributed by atoms with van der Waals surface area (Å²) in [5, 5.41) is 0. The van der Waals surface area contributed by atoms with Crippen molar-refractivity contribution in [2.75, 3.05) is 21.3 Å². The molecule has 0 unspecified atom stereocenters. The van der Waals surface area contributed by atoms with Gasteiger partial charge in [0, 0.05) is 18.2 Å². The molecule has 0 radical (unpaired) electrons. The Kier molecular flexibility index (Phi) is 6.38. The molecule has 3 aromatic rings. The van der Waals surface area contributed by atoms with Gasteiger partial charge in [-0.25, -0.2) is 26.3 Å². The van der Waals surface area contributed by atoms with Gasteiger partial charge in [-0.15, -0.1) is 0 Å². The van der Waals surface area contributed by atoms with E-state index in [0.717, 1.165) is 39.5 Å². The molecule has 0 saturated carbocycles. The van der Waals surface area contributed by atoms with Crippen LogP contribution < -0.4 is 30.6 Å². The fourth-order valence-electron chi connectivity index (χ4n) is 3.53. The summed E-state index contributed by atoms with van der Waals surface area (Å²) in [7, 11) is 3.26. The summed E-state index contributed by atoms with van der Waals surface area (Å²) >= 11 is 0. The molecular formula is C21H15BF6O3. The fourth-order valence-corrected chi connectivity index (χ4v) is 3.53. The third kappa shape index (κ3) is 4.15. The van der Waals surface area contributed by atoms with Crippen LogP contribution in [0.15, 0.2) is 36.4 Å². The Hall–Kier alpha value is -3.30. The van der Waals surface area contributed by atoms with Gasteiger partial charge in [0.2, 0.25) is 0 Å². The van der Waals surface area contributed by atoms with Gasteiger partial charge in [-0.05, 0) is 34.6 Å². The maximum absolute atomic E-state index is 14.5. The molecule has 10 heteroatoms. The standard InChI is InChI=1S/C21H15BF6O3/c1-29-19-13(4-10(23)7-16(19)26)22(14-5-11(24)8-17(27)20(14)30-2)15-6-12(25)9-18(28)21(15)31-3/h4-9H,1-3H3. The molecule has 0 bridgehead atoms. The van der Waals surface area contributed by atoms with Gasteiger partial charge < -0.3 is 14.2 Å². The smallest absolute Gasteiger partial charge is 0.256 e. The monoisotopic (exact) mass is 440 g/mol. The first-order chi connectivity index (χ1) is 14.7. The number of hydrogen-bond donors (Lipinski definition) is 0. The molecule has 31 heavy (non-hydrogen) atoms. The number of rotatable bonds is 6. The molecule has 0 aliphatic heterocycles. The number of methoxy groups -OCH3 is 3. The van der Waals surface area contributed by atoms with Crippen LogP contribution in [0.5, 0.6) is 17.2 Å². The molecule has 3 nitrogen and oxygen atoms in total. The highest BCUT2D eigenvalue weighted by atomic mass is 19.2. The van der Waals surface area contributed by atoms with E-state index in [9.17, 15) is 26.3 Å². The summed E-state index contributed by atoms with van der Waals surface area (Å²) in [5.74, 6) is -8.03. The van der Waals surface area contributed by atoms with Crippen LogP contribution in [-0.2, 0) is 0 Å². The first kappa shape index (κ1) is 22.4. The van der Waals surface area contributed by atoms with E-state index in [1.54, 1.807) is 0 Å². The molecule has 0 aromatic heterocycles. The van der Waals surface area contributed by atoms with Crippen molar-refractivity contribution in [2.45, 2.75) is 0 Å². The third-order valence-corrected chi connectivity index (χ3v) is 4.66. The molecule has 0 spiro atoms. The third-order valence-electron chi connectivity index (χ3n) is 4.66. The Morgan fingerprint density at radius 2 is 0.742 bits per heavy atom. The van der Waals surface area contributed by atoms with Gasteiger partial charge in [0.1, 0.15) is 34.7 Å². The number of halogens is 6. The second kappa shape index (κ2) is 8.83. The van der Waals surface area contributed by atoms with E-state index in [0.29, 0.717) is 18.2 Å². The van der Waals surface area contributed by atoms with Crippen molar-refractivity contribution in [3.05, 3.63) is 71.3 Å². The van der Waals surface area contributed by atoms with Crippen LogP contribution in [0.25, 0.3) is 0 Å². The summed E-state index contributed by atoms with van der Waals surface area (Å²) in [6.45, 7) is -1.54. The lowest BCUT2D eigenvalue weighted by molar-refractivity contribution is 0.385. The summed E-state index contributed by atoms with van der Waals surface area (Å²) in [5.41, 5.74) is -0.898. The molecule has 0 aliphatic rings. The fraction of sp³-hybridized carbons (Fsp3) is 0.143. The zero-order valence-electron chi connectivity index (χ0n) is 16.5. The molecule has 0 fully saturated rings. The maximum Gasteiger partial charge on any atom is 0.256 e. The topological polar surface area (TPSA) is 27.7 Å². The normalized spacial score (nSPS) is 10.7. The molecule has 0 N–H and O–H groups in total. The Labute approximate surface area is 174 Å². The summed E-state index contributed by atoms with van der Waals surface area (Å²) in [6, 6.07) is 4.09. The van der Waals surface area contributed by atoms with Gasteiger partial charge in [0.15, 0.2) is 17.5 Å². The molecule has 0 heterocycles. The van der Waals surface area contributed by atoms with Crippen molar-refractivity contribution in [1.82, 2.24) is 0 Å². The summed E-state index contributed by atoms with van der Waals surface area (Å²) < 4.78 is 101. The Morgan fingerprint density at radius 3 is 0.968 bits per heavy atom. The van der Waals surface area contributed by atoms with E-state index in [4.69, 9.17) is 14.2 Å². The highest BCUT2D eigenvalue weighted by Crippen LogP contribution is 2.24. The molecule has 0 atom stereocenters. The van der Waals surface area contributed by atoms with Crippen LogP contribution in [-0.4, -0.2) is 28.0 Å². The van der Waals surface area contributed by atoms with Crippen LogP contribution >= 0.6 is 0 Å². The van der Waals surface area contributed by atoms with E-state index in [2.05, 4.69) is 0 Å². The van der Waals surface area contributed by atoms with Gasteiger partial charge in [-0.3, -0.25) is 0 Å². The van der Waals surface area contributed by atoms with E-state index in [1.807, 2.05) is 0 Å². The molecule has 3 aromatic carbocycles. The minimum Gasteiger partial charge on any atom is -0.494 e. The van der Waals surface area contributed by atoms with Crippen LogP contribution in [0.1, 0.15) is 0 Å². The quantitative estimate of drug-likeness (QED) is 0.436. The lowest BCUT2D eigenvalue weighted by atomic mass is 9.36.